The second-order valence-corrected chi connectivity index (χ2v) is 2.64. The van der Waals surface area contributed by atoms with Crippen LogP contribution in [0.3, 0.4) is 0 Å². The van der Waals surface area contributed by atoms with Gasteiger partial charge in [0.1, 0.15) is 0 Å². The molecule has 1 aliphatic rings. The molecule has 2 nitrogen and oxygen atoms in total. The summed E-state index contributed by atoms with van der Waals surface area (Å²) < 4.78 is 0. The standard InChI is InChI=1S/C6H14N2.2ClH/c1-8-4-2-6(7)3-5-8;;/h6H,2-5,7H2,1H3;2*1H. The van der Waals surface area contributed by atoms with Crippen LogP contribution in [0.5, 0.6) is 0 Å². The predicted octanol–water partition coefficient (Wildman–Crippen LogP) is 0.883. The van der Waals surface area contributed by atoms with Crippen molar-refractivity contribution in [2.45, 2.75) is 18.9 Å². The summed E-state index contributed by atoms with van der Waals surface area (Å²) in [6.07, 6.45) is 2.35. The SMILES string of the molecule is CN1CCC(N)CC1.Cl.Cl. The number of hydrogen-bond donors (Lipinski definition) is 1. The molecule has 1 fully saturated rings. The molecular weight excluding hydrogens is 171 g/mol. The van der Waals surface area contributed by atoms with Crippen LogP contribution in [0.1, 0.15) is 12.8 Å². The van der Waals surface area contributed by atoms with Gasteiger partial charge in [-0.1, -0.05) is 0 Å². The Labute approximate surface area is 75.0 Å². The monoisotopic (exact) mass is 186 g/mol. The number of piperidine rings is 1. The van der Waals surface area contributed by atoms with Crippen LogP contribution in [-0.4, -0.2) is 31.1 Å². The Morgan fingerprint density at radius 3 is 1.90 bits per heavy atom. The van der Waals surface area contributed by atoms with Crippen molar-refractivity contribution in [2.75, 3.05) is 20.1 Å². The maximum absolute atomic E-state index is 5.67. The van der Waals surface area contributed by atoms with Gasteiger partial charge < -0.3 is 10.6 Å². The largest absolute Gasteiger partial charge is 0.328 e. The van der Waals surface area contributed by atoms with Crippen LogP contribution in [0.2, 0.25) is 0 Å². The van der Waals surface area contributed by atoms with Gasteiger partial charge in [-0.2, -0.15) is 0 Å². The van der Waals surface area contributed by atoms with Gasteiger partial charge in [-0.3, -0.25) is 0 Å². The van der Waals surface area contributed by atoms with E-state index in [4.69, 9.17) is 5.73 Å². The van der Waals surface area contributed by atoms with E-state index >= 15 is 0 Å². The van der Waals surface area contributed by atoms with Crippen molar-refractivity contribution in [3.63, 3.8) is 0 Å². The molecule has 1 heterocycles. The van der Waals surface area contributed by atoms with Gasteiger partial charge in [-0.15, -0.1) is 24.8 Å². The number of nitrogens with two attached hydrogens (primary N) is 1. The highest BCUT2D eigenvalue weighted by Gasteiger charge is 2.10. The van der Waals surface area contributed by atoms with Crippen molar-refractivity contribution in [2.24, 2.45) is 5.73 Å². The van der Waals surface area contributed by atoms with Crippen molar-refractivity contribution in [1.29, 1.82) is 0 Å². The molecule has 4 heteroatoms. The number of halogens is 2. The second-order valence-electron chi connectivity index (χ2n) is 2.64. The summed E-state index contributed by atoms with van der Waals surface area (Å²) in [6.45, 7) is 2.36. The van der Waals surface area contributed by atoms with Gasteiger partial charge in [0.2, 0.25) is 0 Å². The number of nitrogens with zero attached hydrogens (tertiary/aromatic N) is 1. The van der Waals surface area contributed by atoms with Crippen molar-refractivity contribution in [1.82, 2.24) is 4.90 Å². The highest BCUT2D eigenvalue weighted by Crippen LogP contribution is 2.04. The first-order valence-corrected chi connectivity index (χ1v) is 3.23. The van der Waals surface area contributed by atoms with E-state index in [0.29, 0.717) is 6.04 Å². The normalized spacial score (nSPS) is 21.0. The Kier molecular flexibility index (Phi) is 8.17. The van der Waals surface area contributed by atoms with Crippen LogP contribution < -0.4 is 5.73 Å². The number of hydrogen-bond acceptors (Lipinski definition) is 2. The van der Waals surface area contributed by atoms with Crippen molar-refractivity contribution < 1.29 is 0 Å². The van der Waals surface area contributed by atoms with E-state index in [1.54, 1.807) is 0 Å². The summed E-state index contributed by atoms with van der Waals surface area (Å²) in [6, 6.07) is 0.478. The second kappa shape index (κ2) is 6.23. The average Bonchev–Trinajstić information content (AvgIpc) is 1.77. The molecule has 10 heavy (non-hydrogen) atoms. The molecule has 0 aromatic heterocycles. The first-order chi connectivity index (χ1) is 3.79. The van der Waals surface area contributed by atoms with E-state index in [1.165, 1.54) is 25.9 Å². The fourth-order valence-electron chi connectivity index (χ4n) is 1.03. The van der Waals surface area contributed by atoms with Gasteiger partial charge in [-0.25, -0.2) is 0 Å². The summed E-state index contributed by atoms with van der Waals surface area (Å²) in [7, 11) is 2.14. The molecule has 0 aliphatic carbocycles. The topological polar surface area (TPSA) is 29.3 Å². The third kappa shape index (κ3) is 4.34. The molecule has 0 atom stereocenters. The quantitative estimate of drug-likeness (QED) is 0.610. The molecule has 64 valence electrons. The van der Waals surface area contributed by atoms with E-state index < -0.39 is 0 Å². The molecule has 0 unspecified atom stereocenters. The van der Waals surface area contributed by atoms with Gasteiger partial charge in [0.05, 0.1) is 0 Å². The fourth-order valence-corrected chi connectivity index (χ4v) is 1.03. The lowest BCUT2D eigenvalue weighted by Crippen LogP contribution is -2.37. The minimum atomic E-state index is 0. The van der Waals surface area contributed by atoms with E-state index in [1.807, 2.05) is 0 Å². The molecule has 0 radical (unpaired) electrons. The minimum absolute atomic E-state index is 0. The molecule has 0 aromatic carbocycles. The molecule has 1 aliphatic heterocycles. The van der Waals surface area contributed by atoms with Gasteiger partial charge in [0.15, 0.2) is 0 Å². The lowest BCUT2D eigenvalue weighted by atomic mass is 10.1. The smallest absolute Gasteiger partial charge is 0.00631 e. The van der Waals surface area contributed by atoms with E-state index in [0.717, 1.165) is 0 Å². The highest BCUT2D eigenvalue weighted by molar-refractivity contribution is 5.85. The Hall–Kier alpha value is 0.500. The maximum Gasteiger partial charge on any atom is 0.00631 e. The summed E-state index contributed by atoms with van der Waals surface area (Å²) in [4.78, 5) is 2.32. The fraction of sp³-hybridized carbons (Fsp3) is 1.00. The molecule has 0 bridgehead atoms. The number of rotatable bonds is 0. The molecule has 0 saturated carbocycles. The van der Waals surface area contributed by atoms with Crippen LogP contribution >= 0.6 is 24.8 Å². The highest BCUT2D eigenvalue weighted by atomic mass is 35.5. The van der Waals surface area contributed by atoms with Gasteiger partial charge in [-0.05, 0) is 33.0 Å². The van der Waals surface area contributed by atoms with Gasteiger partial charge in [0.25, 0.3) is 0 Å². The van der Waals surface area contributed by atoms with Crippen LogP contribution in [-0.2, 0) is 0 Å². The van der Waals surface area contributed by atoms with Gasteiger partial charge in [0, 0.05) is 6.04 Å². The lowest BCUT2D eigenvalue weighted by molar-refractivity contribution is 0.256. The van der Waals surface area contributed by atoms with Crippen molar-refractivity contribution in [3.05, 3.63) is 0 Å². The average molecular weight is 187 g/mol. The third-order valence-electron chi connectivity index (χ3n) is 1.76. The Morgan fingerprint density at radius 1 is 1.20 bits per heavy atom. The minimum Gasteiger partial charge on any atom is -0.328 e. The summed E-state index contributed by atoms with van der Waals surface area (Å²) in [5.74, 6) is 0. The Balaban J connectivity index is 0. The zero-order chi connectivity index (χ0) is 5.98. The zero-order valence-electron chi connectivity index (χ0n) is 6.25. The molecule has 1 rings (SSSR count). The molecule has 2 N–H and O–H groups in total. The third-order valence-corrected chi connectivity index (χ3v) is 1.76. The molecule has 0 spiro atoms. The van der Waals surface area contributed by atoms with E-state index in [-0.39, 0.29) is 24.8 Å². The van der Waals surface area contributed by atoms with Crippen LogP contribution in [0.15, 0.2) is 0 Å². The first kappa shape index (κ1) is 13.1. The Bertz CT molecular complexity index is 62.1. The molecular formula is C6H16Cl2N2. The van der Waals surface area contributed by atoms with Crippen LogP contribution in [0.25, 0.3) is 0 Å². The predicted molar refractivity (Wildman–Crippen MR) is 49.2 cm³/mol. The molecule has 0 amide bonds. The van der Waals surface area contributed by atoms with E-state index in [2.05, 4.69) is 11.9 Å². The van der Waals surface area contributed by atoms with Gasteiger partial charge >= 0.3 is 0 Å². The molecule has 0 aromatic rings. The molecule has 1 saturated heterocycles. The van der Waals surface area contributed by atoms with Crippen molar-refractivity contribution >= 4 is 24.8 Å². The lowest BCUT2D eigenvalue weighted by Gasteiger charge is -2.25. The maximum atomic E-state index is 5.67. The Morgan fingerprint density at radius 2 is 1.60 bits per heavy atom. The number of likely N-dealkylation sites (tertiary alicyclic amines) is 1. The summed E-state index contributed by atoms with van der Waals surface area (Å²) in [5.41, 5.74) is 5.67. The summed E-state index contributed by atoms with van der Waals surface area (Å²) >= 11 is 0. The first-order valence-electron chi connectivity index (χ1n) is 3.23. The van der Waals surface area contributed by atoms with Crippen LogP contribution in [0.4, 0.5) is 0 Å². The van der Waals surface area contributed by atoms with E-state index in [9.17, 15) is 0 Å². The van der Waals surface area contributed by atoms with Crippen molar-refractivity contribution in [3.8, 4) is 0 Å². The van der Waals surface area contributed by atoms with Crippen LogP contribution in [0, 0.1) is 0 Å². The summed E-state index contributed by atoms with van der Waals surface area (Å²) in [5, 5.41) is 0. The zero-order valence-corrected chi connectivity index (χ0v) is 7.88.